The molecule has 2 aromatic rings. The molecule has 112 valence electrons. The molecule has 0 bridgehead atoms. The quantitative estimate of drug-likeness (QED) is 0.757. The Labute approximate surface area is 133 Å². The summed E-state index contributed by atoms with van der Waals surface area (Å²) in [5, 5.41) is 3.36. The lowest BCUT2D eigenvalue weighted by Gasteiger charge is -2.13. The van der Waals surface area contributed by atoms with Crippen molar-refractivity contribution >= 4 is 15.9 Å². The smallest absolute Gasteiger partial charge is 0.145 e. The summed E-state index contributed by atoms with van der Waals surface area (Å²) in [6.07, 6.45) is 1.06. The first-order valence-corrected chi connectivity index (χ1v) is 7.78. The van der Waals surface area contributed by atoms with Crippen molar-refractivity contribution < 1.29 is 9.13 Å². The Hall–Kier alpha value is -1.39. The molecule has 1 N–H and O–H groups in total. The molecular formula is C17H19BrFNO. The molecule has 2 rings (SSSR count). The summed E-state index contributed by atoms with van der Waals surface area (Å²) in [5.74, 6) is 0.543. The van der Waals surface area contributed by atoms with Crippen LogP contribution in [0.4, 0.5) is 4.39 Å². The molecule has 2 aromatic carbocycles. The van der Waals surface area contributed by atoms with Gasteiger partial charge in [0.2, 0.25) is 0 Å². The second-order valence-electron chi connectivity index (χ2n) is 4.80. The maximum absolute atomic E-state index is 14.3. The van der Waals surface area contributed by atoms with Crippen molar-refractivity contribution in [1.29, 1.82) is 0 Å². The third-order valence-electron chi connectivity index (χ3n) is 3.30. The lowest BCUT2D eigenvalue weighted by atomic mass is 9.98. The van der Waals surface area contributed by atoms with Gasteiger partial charge in [0, 0.05) is 12.1 Å². The first kappa shape index (κ1) is 16.0. The molecule has 0 radical (unpaired) electrons. The Morgan fingerprint density at radius 2 is 2.00 bits per heavy atom. The van der Waals surface area contributed by atoms with Crippen LogP contribution in [-0.2, 0) is 6.54 Å². The third-order valence-corrected chi connectivity index (χ3v) is 3.91. The van der Waals surface area contributed by atoms with Crippen LogP contribution < -0.4 is 10.1 Å². The zero-order valence-electron chi connectivity index (χ0n) is 12.2. The Morgan fingerprint density at radius 1 is 1.19 bits per heavy atom. The highest BCUT2D eigenvalue weighted by Crippen LogP contribution is 2.32. The van der Waals surface area contributed by atoms with Crippen molar-refractivity contribution in [3.8, 4) is 16.9 Å². The number of rotatable bonds is 6. The average molecular weight is 352 g/mol. The largest absolute Gasteiger partial charge is 0.497 e. The number of nitrogens with one attached hydrogen (secondary N) is 1. The van der Waals surface area contributed by atoms with Crippen LogP contribution in [0, 0.1) is 5.82 Å². The second kappa shape index (κ2) is 7.57. The summed E-state index contributed by atoms with van der Waals surface area (Å²) >= 11 is 3.24. The van der Waals surface area contributed by atoms with E-state index < -0.39 is 0 Å². The molecule has 0 aliphatic carbocycles. The number of benzene rings is 2. The van der Waals surface area contributed by atoms with E-state index in [2.05, 4.69) is 28.2 Å². The van der Waals surface area contributed by atoms with E-state index in [9.17, 15) is 4.39 Å². The van der Waals surface area contributed by atoms with E-state index >= 15 is 0 Å². The molecule has 0 atom stereocenters. The van der Waals surface area contributed by atoms with Crippen LogP contribution in [0.25, 0.3) is 11.1 Å². The van der Waals surface area contributed by atoms with E-state index in [4.69, 9.17) is 4.74 Å². The molecule has 0 spiro atoms. The highest BCUT2D eigenvalue weighted by molar-refractivity contribution is 9.10. The van der Waals surface area contributed by atoms with Gasteiger partial charge in [0.15, 0.2) is 0 Å². The van der Waals surface area contributed by atoms with E-state index in [0.29, 0.717) is 16.6 Å². The zero-order chi connectivity index (χ0) is 15.2. The van der Waals surface area contributed by atoms with Crippen molar-refractivity contribution in [2.75, 3.05) is 13.7 Å². The molecule has 0 aromatic heterocycles. The van der Waals surface area contributed by atoms with Crippen LogP contribution in [-0.4, -0.2) is 13.7 Å². The highest BCUT2D eigenvalue weighted by Gasteiger charge is 2.12. The monoisotopic (exact) mass is 351 g/mol. The van der Waals surface area contributed by atoms with Gasteiger partial charge in [0.25, 0.3) is 0 Å². The van der Waals surface area contributed by atoms with Gasteiger partial charge in [-0.25, -0.2) is 4.39 Å². The van der Waals surface area contributed by atoms with Gasteiger partial charge in [-0.1, -0.05) is 25.1 Å². The molecule has 2 nitrogen and oxygen atoms in total. The number of methoxy groups -OCH3 is 1. The summed E-state index contributed by atoms with van der Waals surface area (Å²) in [6.45, 7) is 3.73. The Kier molecular flexibility index (Phi) is 5.76. The van der Waals surface area contributed by atoms with E-state index in [1.54, 1.807) is 19.2 Å². The summed E-state index contributed by atoms with van der Waals surface area (Å²) in [4.78, 5) is 0. The first-order valence-electron chi connectivity index (χ1n) is 6.99. The van der Waals surface area contributed by atoms with Crippen LogP contribution >= 0.6 is 15.9 Å². The van der Waals surface area contributed by atoms with E-state index in [0.717, 1.165) is 29.8 Å². The lowest BCUT2D eigenvalue weighted by Crippen LogP contribution is -2.14. The van der Waals surface area contributed by atoms with Crippen molar-refractivity contribution in [2.24, 2.45) is 0 Å². The molecular weight excluding hydrogens is 333 g/mol. The van der Waals surface area contributed by atoms with E-state index in [-0.39, 0.29) is 5.82 Å². The van der Waals surface area contributed by atoms with Crippen LogP contribution in [0.5, 0.6) is 5.75 Å². The van der Waals surface area contributed by atoms with Crippen molar-refractivity contribution in [3.05, 3.63) is 52.3 Å². The third kappa shape index (κ3) is 3.83. The van der Waals surface area contributed by atoms with Crippen molar-refractivity contribution in [2.45, 2.75) is 19.9 Å². The van der Waals surface area contributed by atoms with Gasteiger partial charge in [-0.3, -0.25) is 0 Å². The molecule has 21 heavy (non-hydrogen) atoms. The van der Waals surface area contributed by atoms with Gasteiger partial charge in [-0.2, -0.15) is 0 Å². The first-order chi connectivity index (χ1) is 10.2. The van der Waals surface area contributed by atoms with Gasteiger partial charge < -0.3 is 10.1 Å². The molecule has 0 saturated heterocycles. The fourth-order valence-electron chi connectivity index (χ4n) is 2.22. The molecule has 4 heteroatoms. The molecule has 0 unspecified atom stereocenters. The van der Waals surface area contributed by atoms with Crippen LogP contribution in [0.3, 0.4) is 0 Å². The summed E-state index contributed by atoms with van der Waals surface area (Å²) in [6, 6.07) is 11.1. The Bertz CT molecular complexity index is 616. The second-order valence-corrected chi connectivity index (χ2v) is 5.66. The van der Waals surface area contributed by atoms with Crippen LogP contribution in [0.15, 0.2) is 40.9 Å². The minimum absolute atomic E-state index is 0.237. The maximum Gasteiger partial charge on any atom is 0.145 e. The lowest BCUT2D eigenvalue weighted by molar-refractivity contribution is 0.414. The molecule has 0 saturated carbocycles. The van der Waals surface area contributed by atoms with Gasteiger partial charge in [0.05, 0.1) is 11.6 Å². The standard InChI is InChI=1S/C17H19BrFNO/c1-3-9-20-11-12-10-13(21-2)7-8-14(12)15-5-4-6-16(18)17(15)19/h4-8,10,20H,3,9,11H2,1-2H3. The van der Waals surface area contributed by atoms with Crippen molar-refractivity contribution in [1.82, 2.24) is 5.32 Å². The number of ether oxygens (including phenoxy) is 1. The van der Waals surface area contributed by atoms with Gasteiger partial charge in [-0.05, 0) is 58.2 Å². The summed E-state index contributed by atoms with van der Waals surface area (Å²) in [7, 11) is 1.64. The van der Waals surface area contributed by atoms with Gasteiger partial charge in [-0.15, -0.1) is 0 Å². The normalized spacial score (nSPS) is 10.7. The number of halogens is 2. The maximum atomic E-state index is 14.3. The minimum Gasteiger partial charge on any atom is -0.497 e. The fraction of sp³-hybridized carbons (Fsp3) is 0.294. The minimum atomic E-state index is -0.237. The fourth-order valence-corrected chi connectivity index (χ4v) is 2.58. The van der Waals surface area contributed by atoms with Crippen molar-refractivity contribution in [3.63, 3.8) is 0 Å². The van der Waals surface area contributed by atoms with E-state index in [1.165, 1.54) is 0 Å². The number of hydrogen-bond donors (Lipinski definition) is 1. The molecule has 0 amide bonds. The number of hydrogen-bond acceptors (Lipinski definition) is 2. The predicted octanol–water partition coefficient (Wildman–Crippen LogP) is 4.76. The average Bonchev–Trinajstić information content (AvgIpc) is 2.50. The van der Waals surface area contributed by atoms with Gasteiger partial charge >= 0.3 is 0 Å². The SMILES string of the molecule is CCCNCc1cc(OC)ccc1-c1cccc(Br)c1F. The van der Waals surface area contributed by atoms with Crippen LogP contribution in [0.1, 0.15) is 18.9 Å². The van der Waals surface area contributed by atoms with Crippen LogP contribution in [0.2, 0.25) is 0 Å². The molecule has 0 aliphatic heterocycles. The topological polar surface area (TPSA) is 21.3 Å². The zero-order valence-corrected chi connectivity index (χ0v) is 13.8. The Balaban J connectivity index is 2.43. The predicted molar refractivity (Wildman–Crippen MR) is 88.1 cm³/mol. The Morgan fingerprint density at radius 3 is 2.71 bits per heavy atom. The van der Waals surface area contributed by atoms with Gasteiger partial charge in [0.1, 0.15) is 11.6 Å². The molecule has 0 heterocycles. The molecule has 0 aliphatic rings. The van der Waals surface area contributed by atoms with E-state index in [1.807, 2.05) is 24.3 Å². The summed E-state index contributed by atoms with van der Waals surface area (Å²) < 4.78 is 20.1. The summed E-state index contributed by atoms with van der Waals surface area (Å²) in [5.41, 5.74) is 2.51. The highest BCUT2D eigenvalue weighted by atomic mass is 79.9. The molecule has 0 fully saturated rings.